The highest BCUT2D eigenvalue weighted by molar-refractivity contribution is 9.09. The van der Waals surface area contributed by atoms with Crippen molar-refractivity contribution in [3.05, 3.63) is 34.4 Å². The molecule has 0 radical (unpaired) electrons. The molecule has 0 unspecified atom stereocenters. The number of alkyl halides is 8. The van der Waals surface area contributed by atoms with Crippen LogP contribution in [0.5, 0.6) is 0 Å². The number of aryl methyl sites for hydroxylation is 2. The molecule has 0 aliphatic rings. The average molecular weight is 428 g/mol. The van der Waals surface area contributed by atoms with Crippen molar-refractivity contribution in [2.24, 2.45) is 0 Å². The van der Waals surface area contributed by atoms with Crippen LogP contribution in [0, 0.1) is 0 Å². The topological polar surface area (TPSA) is 0 Å². The third-order valence-corrected chi connectivity index (χ3v) is 3.46. The maximum atomic E-state index is 12.9. The Labute approximate surface area is 128 Å². The molecule has 0 saturated carbocycles. The molecule has 0 aliphatic heterocycles. The molecule has 0 spiro atoms. The minimum atomic E-state index is -4.66. The van der Waals surface area contributed by atoms with Crippen LogP contribution in [0.1, 0.15) is 22.3 Å². The summed E-state index contributed by atoms with van der Waals surface area (Å²) >= 11 is 5.91. The highest BCUT2D eigenvalue weighted by atomic mass is 79.9. The van der Waals surface area contributed by atoms with Crippen LogP contribution in [0.3, 0.4) is 0 Å². The molecule has 0 aromatic heterocycles. The number of benzene rings is 1. The third-order valence-electron chi connectivity index (χ3n) is 2.67. The lowest BCUT2D eigenvalue weighted by Crippen LogP contribution is -2.16. The predicted molar refractivity (Wildman–Crippen MR) is 71.4 cm³/mol. The molecule has 8 heteroatoms. The molecule has 0 amide bonds. The lowest BCUT2D eigenvalue weighted by molar-refractivity contribution is -0.142. The molecule has 1 aromatic rings. The van der Waals surface area contributed by atoms with Gasteiger partial charge in [0.2, 0.25) is 0 Å². The molecule has 0 N–H and O–H groups in total. The molecule has 0 saturated heterocycles. The molecule has 20 heavy (non-hydrogen) atoms. The largest absolute Gasteiger partial charge is 0.416 e. The van der Waals surface area contributed by atoms with Gasteiger partial charge < -0.3 is 0 Å². The van der Waals surface area contributed by atoms with Gasteiger partial charge in [-0.25, -0.2) is 0 Å². The Morgan fingerprint density at radius 1 is 0.700 bits per heavy atom. The van der Waals surface area contributed by atoms with E-state index in [2.05, 4.69) is 31.9 Å². The van der Waals surface area contributed by atoms with Gasteiger partial charge in [-0.3, -0.25) is 0 Å². The number of rotatable bonds is 4. The van der Waals surface area contributed by atoms with Crippen molar-refractivity contribution in [1.82, 2.24) is 0 Å². The molecule has 0 heterocycles. The smallest absolute Gasteiger partial charge is 0.166 e. The van der Waals surface area contributed by atoms with E-state index in [4.69, 9.17) is 0 Å². The van der Waals surface area contributed by atoms with Gasteiger partial charge >= 0.3 is 12.4 Å². The maximum absolute atomic E-state index is 12.9. The molecule has 114 valence electrons. The Balaban J connectivity index is 3.51. The highest BCUT2D eigenvalue weighted by Crippen LogP contribution is 2.39. The first-order valence-corrected chi connectivity index (χ1v) is 7.77. The van der Waals surface area contributed by atoms with E-state index in [1.165, 1.54) is 0 Å². The molecule has 0 fully saturated rings. The van der Waals surface area contributed by atoms with E-state index in [0.717, 1.165) is 0 Å². The van der Waals surface area contributed by atoms with Gasteiger partial charge in [-0.1, -0.05) is 31.9 Å². The molecule has 1 aromatic carbocycles. The normalized spacial score (nSPS) is 12.8. The van der Waals surface area contributed by atoms with E-state index in [0.29, 0.717) is 12.1 Å². The van der Waals surface area contributed by atoms with Crippen molar-refractivity contribution >= 4 is 31.9 Å². The average Bonchev–Trinajstić information content (AvgIpc) is 2.28. The number of hydrogen-bond acceptors (Lipinski definition) is 0. The van der Waals surface area contributed by atoms with E-state index in [1.807, 2.05) is 0 Å². The van der Waals surface area contributed by atoms with Crippen molar-refractivity contribution in [1.29, 1.82) is 0 Å². The highest BCUT2D eigenvalue weighted by Gasteiger charge is 2.38. The number of halogens is 8. The van der Waals surface area contributed by atoms with Crippen LogP contribution < -0.4 is 0 Å². The standard InChI is InChI=1S/C12H10Br2F6/c13-3-1-7-5-10(12(18,19)20)8(2-4-14)6-9(7)11(15,16)17/h5-6H,1-4H2. The van der Waals surface area contributed by atoms with Gasteiger partial charge in [0.25, 0.3) is 0 Å². The Hall–Kier alpha value is -0.240. The summed E-state index contributed by atoms with van der Waals surface area (Å²) in [4.78, 5) is 0. The fourth-order valence-corrected chi connectivity index (χ4v) is 2.69. The lowest BCUT2D eigenvalue weighted by atomic mass is 9.95. The van der Waals surface area contributed by atoms with Crippen LogP contribution in [0.2, 0.25) is 0 Å². The van der Waals surface area contributed by atoms with Crippen LogP contribution in [-0.4, -0.2) is 10.7 Å². The van der Waals surface area contributed by atoms with Crippen LogP contribution >= 0.6 is 31.9 Å². The second kappa shape index (κ2) is 6.68. The molecule has 0 aliphatic carbocycles. The van der Waals surface area contributed by atoms with Crippen LogP contribution in [0.15, 0.2) is 12.1 Å². The molecular weight excluding hydrogens is 418 g/mol. The first-order valence-electron chi connectivity index (χ1n) is 5.53. The second-order valence-corrected chi connectivity index (χ2v) is 5.63. The summed E-state index contributed by atoms with van der Waals surface area (Å²) in [6, 6.07) is 1.23. The summed E-state index contributed by atoms with van der Waals surface area (Å²) in [5, 5.41) is 0.316. The van der Waals surface area contributed by atoms with Gasteiger partial charge in [0, 0.05) is 10.7 Å². The van der Waals surface area contributed by atoms with Gasteiger partial charge in [0.15, 0.2) is 0 Å². The van der Waals surface area contributed by atoms with E-state index in [-0.39, 0.29) is 34.6 Å². The monoisotopic (exact) mass is 426 g/mol. The van der Waals surface area contributed by atoms with E-state index in [1.54, 1.807) is 0 Å². The van der Waals surface area contributed by atoms with Crippen molar-refractivity contribution in [3.8, 4) is 0 Å². The SMILES string of the molecule is FC(F)(F)c1cc(CCBr)c(C(F)(F)F)cc1CCBr. The number of hydrogen-bond donors (Lipinski definition) is 0. The van der Waals surface area contributed by atoms with E-state index in [9.17, 15) is 26.3 Å². The van der Waals surface area contributed by atoms with Crippen LogP contribution in [-0.2, 0) is 25.2 Å². The Morgan fingerprint density at radius 2 is 1.00 bits per heavy atom. The maximum Gasteiger partial charge on any atom is 0.416 e. The van der Waals surface area contributed by atoms with Gasteiger partial charge in [-0.05, 0) is 36.1 Å². The summed E-state index contributed by atoms with van der Waals surface area (Å²) in [6.07, 6.45) is -9.57. The Morgan fingerprint density at radius 3 is 1.20 bits per heavy atom. The second-order valence-electron chi connectivity index (χ2n) is 4.04. The minimum absolute atomic E-state index is 0.119. The van der Waals surface area contributed by atoms with Crippen molar-refractivity contribution in [3.63, 3.8) is 0 Å². The summed E-state index contributed by atoms with van der Waals surface area (Å²) in [5.74, 6) is 0. The first kappa shape index (κ1) is 17.8. The third kappa shape index (κ3) is 4.38. The summed E-state index contributed by atoms with van der Waals surface area (Å²) < 4.78 is 77.5. The first-order chi connectivity index (χ1) is 9.11. The zero-order valence-electron chi connectivity index (χ0n) is 10.0. The predicted octanol–water partition coefficient (Wildman–Crippen LogP) is 5.60. The zero-order chi connectivity index (χ0) is 15.6. The Bertz CT molecular complexity index is 420. The van der Waals surface area contributed by atoms with Crippen molar-refractivity contribution in [2.75, 3.05) is 10.7 Å². The van der Waals surface area contributed by atoms with Gasteiger partial charge in [-0.2, -0.15) is 26.3 Å². The fraction of sp³-hybridized carbons (Fsp3) is 0.500. The van der Waals surface area contributed by atoms with Crippen LogP contribution in [0.25, 0.3) is 0 Å². The minimum Gasteiger partial charge on any atom is -0.166 e. The van der Waals surface area contributed by atoms with Gasteiger partial charge in [-0.15, -0.1) is 0 Å². The molecular formula is C12H10Br2F6. The summed E-state index contributed by atoms with van der Waals surface area (Å²) in [6.45, 7) is 0. The molecule has 0 atom stereocenters. The van der Waals surface area contributed by atoms with E-state index < -0.39 is 23.5 Å². The van der Waals surface area contributed by atoms with E-state index >= 15 is 0 Å². The lowest BCUT2D eigenvalue weighted by Gasteiger charge is -2.19. The Kier molecular flexibility index (Phi) is 5.95. The van der Waals surface area contributed by atoms with Crippen molar-refractivity contribution in [2.45, 2.75) is 25.2 Å². The summed E-state index contributed by atoms with van der Waals surface area (Å²) in [7, 11) is 0. The van der Waals surface area contributed by atoms with Gasteiger partial charge in [0.05, 0.1) is 11.1 Å². The molecule has 1 rings (SSSR count). The molecule has 0 nitrogen and oxygen atoms in total. The van der Waals surface area contributed by atoms with Crippen molar-refractivity contribution < 1.29 is 26.3 Å². The quantitative estimate of drug-likeness (QED) is 0.433. The van der Waals surface area contributed by atoms with Gasteiger partial charge in [0.1, 0.15) is 0 Å². The molecule has 0 bridgehead atoms. The zero-order valence-corrected chi connectivity index (χ0v) is 13.2. The fourth-order valence-electron chi connectivity index (χ4n) is 1.83. The van der Waals surface area contributed by atoms with Crippen LogP contribution in [0.4, 0.5) is 26.3 Å². The summed E-state index contributed by atoms with van der Waals surface area (Å²) in [5.41, 5.74) is -2.69.